The lowest BCUT2D eigenvalue weighted by atomic mass is 10.0. The average Bonchev–Trinajstić information content (AvgIpc) is 2.69. The SMILES string of the molecule is CC(C)CC(NC(=O)c1nn(C)cc1[N+](=O)[O-])C(=O)O. The van der Waals surface area contributed by atoms with E-state index in [0.717, 1.165) is 10.9 Å². The summed E-state index contributed by atoms with van der Waals surface area (Å²) < 4.78 is 1.13. The molecule has 0 aromatic carbocycles. The molecule has 1 aromatic rings. The summed E-state index contributed by atoms with van der Waals surface area (Å²) in [4.78, 5) is 33.0. The molecular weight excluding hydrogens is 268 g/mol. The van der Waals surface area contributed by atoms with Gasteiger partial charge in [0.15, 0.2) is 0 Å². The number of rotatable bonds is 6. The van der Waals surface area contributed by atoms with Gasteiger partial charge in [0.25, 0.3) is 5.91 Å². The summed E-state index contributed by atoms with van der Waals surface area (Å²) in [6.45, 7) is 3.62. The van der Waals surface area contributed by atoms with Crippen molar-refractivity contribution in [2.45, 2.75) is 26.3 Å². The molecule has 0 radical (unpaired) electrons. The molecule has 20 heavy (non-hydrogen) atoms. The third-order valence-electron chi connectivity index (χ3n) is 2.53. The van der Waals surface area contributed by atoms with Crippen LogP contribution in [0.1, 0.15) is 30.8 Å². The van der Waals surface area contributed by atoms with Gasteiger partial charge >= 0.3 is 11.7 Å². The fourth-order valence-electron chi connectivity index (χ4n) is 1.69. The Morgan fingerprint density at radius 3 is 2.60 bits per heavy atom. The first-order valence-corrected chi connectivity index (χ1v) is 5.94. The number of carboxylic acids is 1. The van der Waals surface area contributed by atoms with Crippen molar-refractivity contribution >= 4 is 17.6 Å². The number of hydrogen-bond acceptors (Lipinski definition) is 5. The number of nitrogens with one attached hydrogen (secondary N) is 1. The highest BCUT2D eigenvalue weighted by molar-refractivity contribution is 5.98. The molecule has 1 unspecified atom stereocenters. The lowest BCUT2D eigenvalue weighted by molar-refractivity contribution is -0.385. The minimum absolute atomic E-state index is 0.0510. The standard InChI is InChI=1S/C11H16N4O5/c1-6(2)4-7(11(17)18)12-10(16)9-8(15(19)20)5-14(3)13-9/h5-7H,4H2,1-3H3,(H,12,16)(H,17,18). The predicted molar refractivity (Wildman–Crippen MR) is 68.2 cm³/mol. The van der Waals surface area contributed by atoms with Crippen molar-refractivity contribution in [1.82, 2.24) is 15.1 Å². The molecule has 2 N–H and O–H groups in total. The van der Waals surface area contributed by atoms with Gasteiger partial charge in [0.2, 0.25) is 5.69 Å². The Morgan fingerprint density at radius 1 is 1.55 bits per heavy atom. The van der Waals surface area contributed by atoms with E-state index in [9.17, 15) is 19.7 Å². The van der Waals surface area contributed by atoms with Gasteiger partial charge in [-0.05, 0) is 12.3 Å². The molecule has 0 aliphatic carbocycles. The van der Waals surface area contributed by atoms with E-state index in [1.54, 1.807) is 0 Å². The zero-order valence-corrected chi connectivity index (χ0v) is 11.4. The molecule has 110 valence electrons. The van der Waals surface area contributed by atoms with Crippen LogP contribution in [0.5, 0.6) is 0 Å². The molecule has 0 fully saturated rings. The van der Waals surface area contributed by atoms with E-state index in [1.165, 1.54) is 7.05 Å². The Labute approximate surface area is 114 Å². The smallest absolute Gasteiger partial charge is 0.326 e. The van der Waals surface area contributed by atoms with Crippen molar-refractivity contribution in [3.63, 3.8) is 0 Å². The highest BCUT2D eigenvalue weighted by Gasteiger charge is 2.29. The fraction of sp³-hybridized carbons (Fsp3) is 0.545. The molecule has 1 atom stereocenters. The Morgan fingerprint density at radius 2 is 2.15 bits per heavy atom. The molecule has 9 heteroatoms. The van der Waals surface area contributed by atoms with Crippen molar-refractivity contribution < 1.29 is 19.6 Å². The van der Waals surface area contributed by atoms with E-state index in [1.807, 2.05) is 13.8 Å². The van der Waals surface area contributed by atoms with Gasteiger partial charge < -0.3 is 10.4 Å². The minimum Gasteiger partial charge on any atom is -0.480 e. The maximum absolute atomic E-state index is 11.9. The number of carboxylic acid groups (broad SMARTS) is 1. The monoisotopic (exact) mass is 284 g/mol. The highest BCUT2D eigenvalue weighted by atomic mass is 16.6. The Balaban J connectivity index is 2.94. The number of carbonyl (C=O) groups is 2. The van der Waals surface area contributed by atoms with Crippen LogP contribution in [0.15, 0.2) is 6.20 Å². The van der Waals surface area contributed by atoms with E-state index >= 15 is 0 Å². The molecule has 1 rings (SSSR count). The van der Waals surface area contributed by atoms with Crippen LogP contribution >= 0.6 is 0 Å². The molecule has 0 aliphatic heterocycles. The second-order valence-electron chi connectivity index (χ2n) is 4.79. The topological polar surface area (TPSA) is 127 Å². The van der Waals surface area contributed by atoms with Gasteiger partial charge in [-0.3, -0.25) is 19.6 Å². The molecular formula is C11H16N4O5. The zero-order chi connectivity index (χ0) is 15.4. The molecule has 9 nitrogen and oxygen atoms in total. The lowest BCUT2D eigenvalue weighted by Crippen LogP contribution is -2.42. The Kier molecular flexibility index (Phi) is 4.78. The van der Waals surface area contributed by atoms with Crippen LogP contribution in [-0.2, 0) is 11.8 Å². The summed E-state index contributed by atoms with van der Waals surface area (Å²) in [5.74, 6) is -2.01. The number of amides is 1. The first-order valence-electron chi connectivity index (χ1n) is 5.94. The maximum atomic E-state index is 11.9. The quantitative estimate of drug-likeness (QED) is 0.580. The van der Waals surface area contributed by atoms with Gasteiger partial charge in [-0.1, -0.05) is 13.8 Å². The lowest BCUT2D eigenvalue weighted by Gasteiger charge is -2.15. The van der Waals surface area contributed by atoms with Gasteiger partial charge in [-0.2, -0.15) is 5.10 Å². The Bertz CT molecular complexity index is 537. The molecule has 1 aromatic heterocycles. The van der Waals surface area contributed by atoms with Crippen molar-refractivity contribution in [2.75, 3.05) is 0 Å². The minimum atomic E-state index is -1.19. The first-order chi connectivity index (χ1) is 9.22. The van der Waals surface area contributed by atoms with Gasteiger partial charge in [0.1, 0.15) is 12.2 Å². The number of nitrogens with zero attached hydrogens (tertiary/aromatic N) is 3. The molecule has 1 amide bonds. The van der Waals surface area contributed by atoms with E-state index in [4.69, 9.17) is 5.11 Å². The summed E-state index contributed by atoms with van der Waals surface area (Å²) in [7, 11) is 1.44. The molecule has 0 spiro atoms. The molecule has 0 saturated heterocycles. The van der Waals surface area contributed by atoms with Crippen molar-refractivity contribution in [1.29, 1.82) is 0 Å². The summed E-state index contributed by atoms with van der Waals surface area (Å²) in [6.07, 6.45) is 1.31. The zero-order valence-electron chi connectivity index (χ0n) is 11.4. The van der Waals surface area contributed by atoms with Gasteiger partial charge in [0.05, 0.1) is 4.92 Å². The number of nitro groups is 1. The van der Waals surface area contributed by atoms with Crippen LogP contribution < -0.4 is 5.32 Å². The van der Waals surface area contributed by atoms with Gasteiger partial charge in [-0.25, -0.2) is 4.79 Å². The number of hydrogen-bond donors (Lipinski definition) is 2. The first kappa shape index (κ1) is 15.6. The van der Waals surface area contributed by atoms with Crippen molar-refractivity contribution in [3.8, 4) is 0 Å². The van der Waals surface area contributed by atoms with Crippen LogP contribution in [-0.4, -0.2) is 37.7 Å². The molecule has 0 saturated carbocycles. The summed E-state index contributed by atoms with van der Waals surface area (Å²) in [6, 6.07) is -1.11. The fourth-order valence-corrected chi connectivity index (χ4v) is 1.69. The second kappa shape index (κ2) is 6.13. The van der Waals surface area contributed by atoms with Gasteiger partial charge in [0, 0.05) is 7.05 Å². The number of carbonyl (C=O) groups excluding carboxylic acids is 1. The molecule has 1 heterocycles. The second-order valence-corrected chi connectivity index (χ2v) is 4.79. The maximum Gasteiger partial charge on any atom is 0.326 e. The van der Waals surface area contributed by atoms with Crippen LogP contribution in [0.4, 0.5) is 5.69 Å². The number of aliphatic carboxylic acids is 1. The van der Waals surface area contributed by atoms with E-state index in [2.05, 4.69) is 10.4 Å². The van der Waals surface area contributed by atoms with Crippen LogP contribution in [0, 0.1) is 16.0 Å². The van der Waals surface area contributed by atoms with Gasteiger partial charge in [-0.15, -0.1) is 0 Å². The van der Waals surface area contributed by atoms with E-state index in [0.29, 0.717) is 0 Å². The van der Waals surface area contributed by atoms with E-state index in [-0.39, 0.29) is 12.3 Å². The summed E-state index contributed by atoms with van der Waals surface area (Å²) in [5, 5.41) is 25.8. The number of aryl methyl sites for hydroxylation is 1. The van der Waals surface area contributed by atoms with Crippen LogP contribution in [0.2, 0.25) is 0 Å². The summed E-state index contributed by atoms with van der Waals surface area (Å²) in [5.41, 5.74) is -0.855. The normalized spacial score (nSPS) is 12.2. The van der Waals surface area contributed by atoms with E-state index < -0.39 is 34.2 Å². The van der Waals surface area contributed by atoms with Crippen molar-refractivity contribution in [2.24, 2.45) is 13.0 Å². The third kappa shape index (κ3) is 3.77. The molecule has 0 aliphatic rings. The number of aromatic nitrogens is 2. The Hall–Kier alpha value is -2.45. The molecule has 0 bridgehead atoms. The highest BCUT2D eigenvalue weighted by Crippen LogP contribution is 2.16. The van der Waals surface area contributed by atoms with Crippen molar-refractivity contribution in [3.05, 3.63) is 22.0 Å². The summed E-state index contributed by atoms with van der Waals surface area (Å²) >= 11 is 0. The van der Waals surface area contributed by atoms with Crippen LogP contribution in [0.25, 0.3) is 0 Å². The predicted octanol–water partition coefficient (Wildman–Crippen LogP) is 0.557. The van der Waals surface area contributed by atoms with Crippen LogP contribution in [0.3, 0.4) is 0 Å². The average molecular weight is 284 g/mol. The third-order valence-corrected chi connectivity index (χ3v) is 2.53. The largest absolute Gasteiger partial charge is 0.480 e.